The van der Waals surface area contributed by atoms with Crippen molar-refractivity contribution in [2.45, 2.75) is 40.2 Å². The van der Waals surface area contributed by atoms with Gasteiger partial charge in [-0.1, -0.05) is 59.6 Å². The smallest absolute Gasteiger partial charge is 0.246 e. The van der Waals surface area contributed by atoms with Crippen LogP contribution in [-0.2, 0) is 11.3 Å². The average molecular weight is 476 g/mol. The van der Waals surface area contributed by atoms with Crippen molar-refractivity contribution in [3.05, 3.63) is 93.3 Å². The number of carbonyl (C=O) groups excluding carboxylic acids is 2. The lowest BCUT2D eigenvalue weighted by molar-refractivity contribution is -0.127. The van der Waals surface area contributed by atoms with Gasteiger partial charge in [-0.15, -0.1) is 0 Å². The van der Waals surface area contributed by atoms with Crippen LogP contribution in [0.3, 0.4) is 0 Å². The third-order valence-corrected chi connectivity index (χ3v) is 6.99. The SMILES string of the molecule is Cc1ccc(C(=O)C2CCN(C(=O)C=Cc3c(C)nn(Cc4ccccc4Cl)c3C)CC2)cc1. The first-order chi connectivity index (χ1) is 16.3. The standard InChI is InChI=1S/C28H30ClN3O2/c1-19-8-10-22(11-9-19)28(34)23-14-16-31(17-15-23)27(33)13-12-25-20(2)30-32(21(25)3)18-24-6-4-5-7-26(24)29/h4-13,23H,14-18H2,1-3H3. The number of nitrogens with zero attached hydrogens (tertiary/aromatic N) is 3. The molecule has 3 aromatic rings. The van der Waals surface area contributed by atoms with Gasteiger partial charge in [0.1, 0.15) is 0 Å². The van der Waals surface area contributed by atoms with Gasteiger partial charge in [0.25, 0.3) is 0 Å². The highest BCUT2D eigenvalue weighted by molar-refractivity contribution is 6.31. The quantitative estimate of drug-likeness (QED) is 0.342. The number of carbonyl (C=O) groups is 2. The van der Waals surface area contributed by atoms with E-state index in [1.807, 2.05) is 85.0 Å². The van der Waals surface area contributed by atoms with Crippen molar-refractivity contribution in [1.82, 2.24) is 14.7 Å². The molecular weight excluding hydrogens is 446 g/mol. The average Bonchev–Trinajstić information content (AvgIpc) is 3.11. The van der Waals surface area contributed by atoms with Gasteiger partial charge in [0.2, 0.25) is 5.91 Å². The Hall–Kier alpha value is -3.18. The molecule has 4 rings (SSSR count). The number of aryl methyl sites for hydroxylation is 2. The zero-order valence-electron chi connectivity index (χ0n) is 19.9. The molecule has 1 saturated heterocycles. The van der Waals surface area contributed by atoms with Crippen LogP contribution < -0.4 is 0 Å². The summed E-state index contributed by atoms with van der Waals surface area (Å²) in [5, 5.41) is 5.36. The first-order valence-corrected chi connectivity index (χ1v) is 12.1. The number of hydrogen-bond donors (Lipinski definition) is 0. The predicted molar refractivity (Wildman–Crippen MR) is 136 cm³/mol. The van der Waals surface area contributed by atoms with E-state index in [0.29, 0.717) is 37.5 Å². The van der Waals surface area contributed by atoms with Crippen molar-refractivity contribution in [2.24, 2.45) is 5.92 Å². The van der Waals surface area contributed by atoms with Crippen molar-refractivity contribution in [1.29, 1.82) is 0 Å². The Kier molecular flexibility index (Phi) is 7.32. The van der Waals surface area contributed by atoms with Gasteiger partial charge in [0, 0.05) is 46.9 Å². The van der Waals surface area contributed by atoms with Crippen LogP contribution in [0.15, 0.2) is 54.6 Å². The van der Waals surface area contributed by atoms with E-state index in [9.17, 15) is 9.59 Å². The predicted octanol–water partition coefficient (Wildman–Crippen LogP) is 5.64. The van der Waals surface area contributed by atoms with Crippen molar-refractivity contribution in [2.75, 3.05) is 13.1 Å². The molecule has 2 heterocycles. The monoisotopic (exact) mass is 475 g/mol. The van der Waals surface area contributed by atoms with Crippen LogP contribution in [0, 0.1) is 26.7 Å². The molecule has 0 saturated carbocycles. The van der Waals surface area contributed by atoms with E-state index in [4.69, 9.17) is 11.6 Å². The summed E-state index contributed by atoms with van der Waals surface area (Å²) in [5.41, 5.74) is 5.72. The molecule has 176 valence electrons. The number of rotatable bonds is 6. The minimum atomic E-state index is -0.0288. The Morgan fingerprint density at radius 2 is 1.71 bits per heavy atom. The summed E-state index contributed by atoms with van der Waals surface area (Å²) >= 11 is 6.31. The fourth-order valence-electron chi connectivity index (χ4n) is 4.47. The number of halogens is 1. The van der Waals surface area contributed by atoms with Crippen molar-refractivity contribution < 1.29 is 9.59 Å². The molecule has 0 N–H and O–H groups in total. The van der Waals surface area contributed by atoms with Gasteiger partial charge >= 0.3 is 0 Å². The minimum Gasteiger partial charge on any atom is -0.339 e. The lowest BCUT2D eigenvalue weighted by Crippen LogP contribution is -2.39. The van der Waals surface area contributed by atoms with Crippen LogP contribution >= 0.6 is 11.6 Å². The molecule has 1 fully saturated rings. The van der Waals surface area contributed by atoms with Crippen LogP contribution in [0.1, 0.15) is 51.3 Å². The second-order valence-electron chi connectivity index (χ2n) is 9.00. The van der Waals surface area contributed by atoms with E-state index < -0.39 is 0 Å². The van der Waals surface area contributed by atoms with Gasteiger partial charge in [-0.2, -0.15) is 5.10 Å². The molecule has 1 aromatic heterocycles. The lowest BCUT2D eigenvalue weighted by atomic mass is 9.88. The number of aromatic nitrogens is 2. The zero-order valence-corrected chi connectivity index (χ0v) is 20.7. The molecule has 0 aliphatic carbocycles. The van der Waals surface area contributed by atoms with Crippen molar-refractivity contribution >= 4 is 29.4 Å². The maximum atomic E-state index is 12.8. The van der Waals surface area contributed by atoms with Gasteiger partial charge in [0.15, 0.2) is 5.78 Å². The fraction of sp³-hybridized carbons (Fsp3) is 0.321. The molecule has 6 heteroatoms. The van der Waals surface area contributed by atoms with Gasteiger partial charge < -0.3 is 4.90 Å². The normalized spacial score (nSPS) is 14.6. The molecule has 1 amide bonds. The molecule has 5 nitrogen and oxygen atoms in total. The highest BCUT2D eigenvalue weighted by atomic mass is 35.5. The fourth-order valence-corrected chi connectivity index (χ4v) is 4.67. The highest BCUT2D eigenvalue weighted by Gasteiger charge is 2.27. The number of benzene rings is 2. The summed E-state index contributed by atoms with van der Waals surface area (Å²) < 4.78 is 1.92. The summed E-state index contributed by atoms with van der Waals surface area (Å²) in [6, 6.07) is 15.5. The van der Waals surface area contributed by atoms with E-state index in [1.165, 1.54) is 0 Å². The van der Waals surface area contributed by atoms with Crippen LogP contribution in [0.5, 0.6) is 0 Å². The summed E-state index contributed by atoms with van der Waals surface area (Å²) in [6.45, 7) is 7.73. The number of piperidine rings is 1. The molecule has 0 radical (unpaired) electrons. The minimum absolute atomic E-state index is 0.0248. The number of likely N-dealkylation sites (tertiary alicyclic amines) is 1. The molecule has 34 heavy (non-hydrogen) atoms. The lowest BCUT2D eigenvalue weighted by Gasteiger charge is -2.30. The molecule has 0 atom stereocenters. The van der Waals surface area contributed by atoms with Gasteiger partial charge in [-0.3, -0.25) is 14.3 Å². The van der Waals surface area contributed by atoms with Gasteiger partial charge in [0.05, 0.1) is 12.2 Å². The van der Waals surface area contributed by atoms with Crippen LogP contribution in [0.4, 0.5) is 0 Å². The molecule has 0 bridgehead atoms. The summed E-state index contributed by atoms with van der Waals surface area (Å²) in [4.78, 5) is 27.5. The Morgan fingerprint density at radius 1 is 1.03 bits per heavy atom. The van der Waals surface area contributed by atoms with E-state index in [-0.39, 0.29) is 17.6 Å². The second-order valence-corrected chi connectivity index (χ2v) is 9.40. The largest absolute Gasteiger partial charge is 0.339 e. The second kappa shape index (κ2) is 10.4. The van der Waals surface area contributed by atoms with Crippen molar-refractivity contribution in [3.63, 3.8) is 0 Å². The topological polar surface area (TPSA) is 55.2 Å². The molecule has 0 unspecified atom stereocenters. The molecule has 0 spiro atoms. The molecular formula is C28H30ClN3O2. The Morgan fingerprint density at radius 3 is 2.38 bits per heavy atom. The van der Waals surface area contributed by atoms with E-state index >= 15 is 0 Å². The summed E-state index contributed by atoms with van der Waals surface area (Å²) in [5.74, 6) is 0.127. The van der Waals surface area contributed by atoms with Gasteiger partial charge in [-0.25, -0.2) is 0 Å². The van der Waals surface area contributed by atoms with Gasteiger partial charge in [-0.05, 0) is 51.3 Å². The third kappa shape index (κ3) is 5.31. The maximum Gasteiger partial charge on any atom is 0.246 e. The first kappa shape index (κ1) is 24.0. The molecule has 1 aliphatic rings. The first-order valence-electron chi connectivity index (χ1n) is 11.7. The number of amides is 1. The third-order valence-electron chi connectivity index (χ3n) is 6.62. The number of ketones is 1. The van der Waals surface area contributed by atoms with E-state index in [2.05, 4.69) is 5.10 Å². The Labute approximate surface area is 206 Å². The van der Waals surface area contributed by atoms with Crippen LogP contribution in [-0.4, -0.2) is 39.5 Å². The van der Waals surface area contributed by atoms with Crippen LogP contribution in [0.2, 0.25) is 5.02 Å². The van der Waals surface area contributed by atoms with E-state index in [1.54, 1.807) is 6.08 Å². The molecule has 1 aliphatic heterocycles. The molecule has 2 aromatic carbocycles. The number of Topliss-reactive ketones (excluding diaryl/α,β-unsaturated/α-hetero) is 1. The number of hydrogen-bond acceptors (Lipinski definition) is 3. The summed E-state index contributed by atoms with van der Waals surface area (Å²) in [7, 11) is 0. The summed E-state index contributed by atoms with van der Waals surface area (Å²) in [6.07, 6.45) is 4.87. The highest BCUT2D eigenvalue weighted by Crippen LogP contribution is 2.23. The zero-order chi connectivity index (χ0) is 24.2. The Balaban J connectivity index is 1.37. The van der Waals surface area contributed by atoms with Crippen molar-refractivity contribution in [3.8, 4) is 0 Å². The maximum absolute atomic E-state index is 12.8. The van der Waals surface area contributed by atoms with Crippen LogP contribution in [0.25, 0.3) is 6.08 Å². The Bertz CT molecular complexity index is 1220. The van der Waals surface area contributed by atoms with E-state index in [0.717, 1.165) is 33.6 Å².